The second-order valence-corrected chi connectivity index (χ2v) is 9.43. The number of imide groups is 1. The van der Waals surface area contributed by atoms with Gasteiger partial charge in [-0.15, -0.1) is 0 Å². The summed E-state index contributed by atoms with van der Waals surface area (Å²) >= 11 is 0. The van der Waals surface area contributed by atoms with Gasteiger partial charge in [0.2, 0.25) is 0 Å². The highest BCUT2D eigenvalue weighted by molar-refractivity contribution is 6.13. The van der Waals surface area contributed by atoms with Gasteiger partial charge in [0.05, 0.1) is 18.1 Å². The van der Waals surface area contributed by atoms with Crippen molar-refractivity contribution in [2.45, 2.75) is 77.9 Å². The molecule has 1 aliphatic heterocycles. The Kier molecular flexibility index (Phi) is 6.24. The molecule has 1 N–H and O–H groups in total. The average Bonchev–Trinajstić information content (AvgIpc) is 3.25. The second-order valence-electron chi connectivity index (χ2n) is 9.43. The minimum atomic E-state index is -0.896. The zero-order valence-corrected chi connectivity index (χ0v) is 18.8. The summed E-state index contributed by atoms with van der Waals surface area (Å²) in [6.07, 6.45) is 2.12. The van der Waals surface area contributed by atoms with E-state index in [4.69, 9.17) is 14.2 Å². The zero-order chi connectivity index (χ0) is 23.0. The van der Waals surface area contributed by atoms with Crippen molar-refractivity contribution >= 4 is 29.0 Å². The molecular weight excluding hydrogens is 404 g/mol. The fourth-order valence-electron chi connectivity index (χ4n) is 3.26. The normalized spacial score (nSPS) is 19.5. The smallest absolute Gasteiger partial charge is 0.425 e. The number of amides is 2. The monoisotopic (exact) mass is 434 g/mol. The summed E-state index contributed by atoms with van der Waals surface area (Å²) in [6, 6.07) is 1.71. The molecule has 10 heteroatoms. The molecule has 0 radical (unpaired) electrons. The van der Waals surface area contributed by atoms with Gasteiger partial charge in [0.25, 0.3) is 0 Å². The molecule has 0 bridgehead atoms. The summed E-state index contributed by atoms with van der Waals surface area (Å²) in [7, 11) is 0. The molecule has 1 fully saturated rings. The Morgan fingerprint density at radius 2 is 1.74 bits per heavy atom. The van der Waals surface area contributed by atoms with E-state index in [2.05, 4.69) is 9.97 Å². The molecule has 1 saturated heterocycles. The molecule has 2 aromatic rings. The number of aromatic nitrogens is 3. The van der Waals surface area contributed by atoms with Gasteiger partial charge in [-0.3, -0.25) is 0 Å². The number of ether oxygens (including phenoxy) is 3. The lowest BCUT2D eigenvalue weighted by Gasteiger charge is -2.28. The van der Waals surface area contributed by atoms with Crippen LogP contribution < -0.4 is 4.90 Å². The van der Waals surface area contributed by atoms with Crippen molar-refractivity contribution in [3.05, 3.63) is 18.6 Å². The van der Waals surface area contributed by atoms with Gasteiger partial charge in [0.1, 0.15) is 29.4 Å². The van der Waals surface area contributed by atoms with Gasteiger partial charge in [-0.25, -0.2) is 19.6 Å². The van der Waals surface area contributed by atoms with Crippen molar-refractivity contribution < 1.29 is 28.9 Å². The predicted molar refractivity (Wildman–Crippen MR) is 113 cm³/mol. The van der Waals surface area contributed by atoms with Gasteiger partial charge < -0.3 is 23.9 Å². The molecule has 31 heavy (non-hydrogen) atoms. The first kappa shape index (κ1) is 23.0. The van der Waals surface area contributed by atoms with Crippen LogP contribution in [0.25, 0.3) is 11.0 Å². The molecule has 1 aliphatic rings. The summed E-state index contributed by atoms with van der Waals surface area (Å²) < 4.78 is 18.5. The quantitative estimate of drug-likeness (QED) is 0.776. The largest absolute Gasteiger partial charge is 0.443 e. The highest BCUT2D eigenvalue weighted by Gasteiger charge is 2.36. The highest BCUT2D eigenvalue weighted by atomic mass is 16.6. The molecule has 2 aromatic heterocycles. The minimum absolute atomic E-state index is 0.0546. The van der Waals surface area contributed by atoms with E-state index in [0.717, 1.165) is 11.3 Å². The van der Waals surface area contributed by atoms with Crippen molar-refractivity contribution in [3.8, 4) is 0 Å². The van der Waals surface area contributed by atoms with E-state index < -0.39 is 23.4 Å². The molecule has 3 heterocycles. The first-order chi connectivity index (χ1) is 14.4. The second kappa shape index (κ2) is 8.43. The van der Waals surface area contributed by atoms with Crippen LogP contribution in [0.3, 0.4) is 0 Å². The van der Waals surface area contributed by atoms with Crippen LogP contribution in [0.4, 0.5) is 15.4 Å². The van der Waals surface area contributed by atoms with Gasteiger partial charge in [-0.05, 0) is 60.5 Å². The van der Waals surface area contributed by atoms with Crippen LogP contribution in [-0.4, -0.2) is 55.7 Å². The van der Waals surface area contributed by atoms with Crippen LogP contribution in [0.2, 0.25) is 0 Å². The lowest BCUT2D eigenvalue weighted by Crippen LogP contribution is -2.44. The molecule has 0 aromatic carbocycles. The Hall–Kier alpha value is -2.72. The standard InChI is InChI=1S/C21H30N4O6/c1-20(2,3)30-18(27)25(19(28)31-21(4,5)6)17-14-9-10-24(16(14)22-12-23-17)15-8-7-13(11-26)29-15/h9-10,12-13,15,26H,7-8,11H2,1-6H3. The van der Waals surface area contributed by atoms with Gasteiger partial charge in [-0.2, -0.15) is 4.90 Å². The Labute approximate surface area is 181 Å². The third-order valence-corrected chi connectivity index (χ3v) is 4.45. The number of carbonyl (C=O) groups excluding carboxylic acids is 2. The van der Waals surface area contributed by atoms with E-state index in [9.17, 15) is 14.7 Å². The van der Waals surface area contributed by atoms with Crippen LogP contribution in [0.5, 0.6) is 0 Å². The fourth-order valence-corrected chi connectivity index (χ4v) is 3.26. The van der Waals surface area contributed by atoms with Crippen molar-refractivity contribution in [3.63, 3.8) is 0 Å². The van der Waals surface area contributed by atoms with Crippen molar-refractivity contribution in [2.24, 2.45) is 0 Å². The third-order valence-electron chi connectivity index (χ3n) is 4.45. The predicted octanol–water partition coefficient (Wildman–Crippen LogP) is 3.78. The number of carbonyl (C=O) groups is 2. The Balaban J connectivity index is 2.03. The van der Waals surface area contributed by atoms with E-state index in [1.807, 2.05) is 0 Å². The maximum absolute atomic E-state index is 13.0. The summed E-state index contributed by atoms with van der Waals surface area (Å²) in [5, 5.41) is 9.82. The maximum Gasteiger partial charge on any atom is 0.425 e. The number of rotatable bonds is 3. The minimum Gasteiger partial charge on any atom is -0.443 e. The molecule has 2 unspecified atom stereocenters. The van der Waals surface area contributed by atoms with E-state index in [1.54, 1.807) is 58.4 Å². The maximum atomic E-state index is 13.0. The SMILES string of the molecule is CC(C)(C)OC(=O)N(C(=O)OC(C)(C)C)c1ncnc2c1ccn2C1CCC(CO)O1. The van der Waals surface area contributed by atoms with Crippen LogP contribution in [0.15, 0.2) is 18.6 Å². The van der Waals surface area contributed by atoms with Gasteiger partial charge in [-0.1, -0.05) is 0 Å². The number of aliphatic hydroxyl groups is 1. The molecule has 0 spiro atoms. The number of hydrogen-bond donors (Lipinski definition) is 1. The summed E-state index contributed by atoms with van der Waals surface area (Å²) in [4.78, 5) is 35.2. The van der Waals surface area contributed by atoms with E-state index >= 15 is 0 Å². The molecule has 170 valence electrons. The van der Waals surface area contributed by atoms with Crippen molar-refractivity contribution in [2.75, 3.05) is 11.5 Å². The van der Waals surface area contributed by atoms with Gasteiger partial charge in [0.15, 0.2) is 5.82 Å². The fraction of sp³-hybridized carbons (Fsp3) is 0.619. The Bertz CT molecular complexity index is 931. The summed E-state index contributed by atoms with van der Waals surface area (Å²) in [5.41, 5.74) is -1.16. The Morgan fingerprint density at radius 3 is 2.26 bits per heavy atom. The summed E-state index contributed by atoms with van der Waals surface area (Å²) in [5.74, 6) is 0.0592. The van der Waals surface area contributed by atoms with Crippen LogP contribution in [0.1, 0.15) is 60.6 Å². The average molecular weight is 434 g/mol. The molecule has 3 rings (SSSR count). The number of fused-ring (bicyclic) bond motifs is 1. The highest BCUT2D eigenvalue weighted by Crippen LogP contribution is 2.33. The van der Waals surface area contributed by atoms with E-state index in [1.165, 1.54) is 6.33 Å². The Morgan fingerprint density at radius 1 is 1.13 bits per heavy atom. The molecule has 2 atom stereocenters. The number of anilines is 1. The van der Waals surface area contributed by atoms with Crippen molar-refractivity contribution in [1.82, 2.24) is 14.5 Å². The molecule has 2 amide bonds. The molecule has 0 aliphatic carbocycles. The van der Waals surface area contributed by atoms with Crippen LogP contribution in [-0.2, 0) is 14.2 Å². The molecule has 0 saturated carbocycles. The van der Waals surface area contributed by atoms with Crippen LogP contribution in [0, 0.1) is 0 Å². The van der Waals surface area contributed by atoms with E-state index in [0.29, 0.717) is 17.5 Å². The first-order valence-electron chi connectivity index (χ1n) is 10.2. The third kappa shape index (κ3) is 5.31. The van der Waals surface area contributed by atoms with Crippen LogP contribution >= 0.6 is 0 Å². The van der Waals surface area contributed by atoms with E-state index in [-0.39, 0.29) is 24.8 Å². The molecule has 10 nitrogen and oxygen atoms in total. The molecular formula is C21H30N4O6. The number of nitrogens with zero attached hydrogens (tertiary/aromatic N) is 4. The summed E-state index contributed by atoms with van der Waals surface area (Å²) in [6.45, 7) is 10.2. The number of hydrogen-bond acceptors (Lipinski definition) is 8. The lowest BCUT2D eigenvalue weighted by atomic mass is 10.2. The zero-order valence-electron chi connectivity index (χ0n) is 18.8. The van der Waals surface area contributed by atoms with Gasteiger partial charge in [0, 0.05) is 6.20 Å². The number of aliphatic hydroxyl groups excluding tert-OH is 1. The topological polar surface area (TPSA) is 116 Å². The first-order valence-corrected chi connectivity index (χ1v) is 10.2. The van der Waals surface area contributed by atoms with Gasteiger partial charge >= 0.3 is 12.2 Å². The van der Waals surface area contributed by atoms with Crippen molar-refractivity contribution in [1.29, 1.82) is 0 Å². The lowest BCUT2D eigenvalue weighted by molar-refractivity contribution is -0.0204.